The molecule has 0 bridgehead atoms. The van der Waals surface area contributed by atoms with Gasteiger partial charge in [0.2, 0.25) is 5.91 Å². The van der Waals surface area contributed by atoms with Gasteiger partial charge in [0.15, 0.2) is 0 Å². The van der Waals surface area contributed by atoms with Gasteiger partial charge >= 0.3 is 0 Å². The summed E-state index contributed by atoms with van der Waals surface area (Å²) >= 11 is 0. The van der Waals surface area contributed by atoms with Crippen molar-refractivity contribution in [3.8, 4) is 0 Å². The Bertz CT molecular complexity index is 473. The minimum absolute atomic E-state index is 0.0550. The zero-order valence-electron chi connectivity index (χ0n) is 11.8. The summed E-state index contributed by atoms with van der Waals surface area (Å²) < 4.78 is 0. The van der Waals surface area contributed by atoms with Gasteiger partial charge in [0, 0.05) is 24.5 Å². The molecule has 1 unspecified atom stereocenters. The van der Waals surface area contributed by atoms with E-state index >= 15 is 0 Å². The number of nitrogen functional groups attached to an aromatic ring is 1. The van der Waals surface area contributed by atoms with E-state index < -0.39 is 0 Å². The number of nitrogens with zero attached hydrogens (tertiary/aromatic N) is 2. The second-order valence-electron chi connectivity index (χ2n) is 5.41. The molecule has 1 atom stereocenters. The van der Waals surface area contributed by atoms with Crippen LogP contribution in [0.25, 0.3) is 0 Å². The second-order valence-corrected chi connectivity index (χ2v) is 5.41. The van der Waals surface area contributed by atoms with Gasteiger partial charge < -0.3 is 16.0 Å². The summed E-state index contributed by atoms with van der Waals surface area (Å²) in [6.07, 6.45) is 0.741. The molecule has 2 rings (SSSR count). The van der Waals surface area contributed by atoms with Crippen LogP contribution in [0, 0.1) is 0 Å². The van der Waals surface area contributed by atoms with Crippen LogP contribution in [0.15, 0.2) is 18.2 Å². The number of benzene rings is 1. The van der Waals surface area contributed by atoms with E-state index in [9.17, 15) is 4.79 Å². The van der Waals surface area contributed by atoms with Crippen molar-refractivity contribution in [3.05, 3.63) is 23.8 Å². The molecule has 5 heteroatoms. The molecule has 104 valence electrons. The molecule has 0 saturated heterocycles. The maximum atomic E-state index is 12.1. The summed E-state index contributed by atoms with van der Waals surface area (Å²) in [6.45, 7) is 1.81. The summed E-state index contributed by atoms with van der Waals surface area (Å²) in [5, 5.41) is 2.95. The summed E-state index contributed by atoms with van der Waals surface area (Å²) in [7, 11) is 6.07. The maximum absolute atomic E-state index is 12.1. The molecule has 19 heavy (non-hydrogen) atoms. The lowest BCUT2D eigenvalue weighted by Gasteiger charge is -2.32. The zero-order chi connectivity index (χ0) is 14.0. The summed E-state index contributed by atoms with van der Waals surface area (Å²) in [6, 6.07) is 5.60. The van der Waals surface area contributed by atoms with Crippen LogP contribution in [-0.2, 0) is 11.2 Å². The van der Waals surface area contributed by atoms with Crippen molar-refractivity contribution in [1.29, 1.82) is 0 Å². The number of hydrogen-bond acceptors (Lipinski definition) is 4. The topological polar surface area (TPSA) is 61.6 Å². The van der Waals surface area contributed by atoms with Crippen LogP contribution in [0.3, 0.4) is 0 Å². The molecule has 1 heterocycles. The Labute approximate surface area is 114 Å². The number of carbonyl (C=O) groups is 1. The summed E-state index contributed by atoms with van der Waals surface area (Å²) in [5.74, 6) is 0.0550. The lowest BCUT2D eigenvalue weighted by molar-refractivity contribution is -0.121. The molecular formula is C14H22N4O. The van der Waals surface area contributed by atoms with Crippen molar-refractivity contribution in [3.63, 3.8) is 0 Å². The highest BCUT2D eigenvalue weighted by atomic mass is 16.2. The van der Waals surface area contributed by atoms with Crippen LogP contribution in [-0.4, -0.2) is 56.0 Å². The van der Waals surface area contributed by atoms with Gasteiger partial charge in [0.05, 0.1) is 6.04 Å². The van der Waals surface area contributed by atoms with Gasteiger partial charge in [-0.05, 0) is 45.3 Å². The molecule has 5 nitrogen and oxygen atoms in total. The minimum Gasteiger partial charge on any atom is -0.399 e. The van der Waals surface area contributed by atoms with Crippen LogP contribution in [0.2, 0.25) is 0 Å². The average Bonchev–Trinajstić information content (AvgIpc) is 2.35. The first kappa shape index (κ1) is 13.8. The quantitative estimate of drug-likeness (QED) is 0.781. The smallest absolute Gasteiger partial charge is 0.242 e. The number of nitrogens with one attached hydrogen (secondary N) is 1. The molecule has 1 aliphatic rings. The molecule has 1 aromatic carbocycles. The number of rotatable bonds is 4. The lowest BCUT2D eigenvalue weighted by atomic mass is 9.97. The lowest BCUT2D eigenvalue weighted by Crippen LogP contribution is -2.47. The Morgan fingerprint density at radius 3 is 2.74 bits per heavy atom. The predicted molar refractivity (Wildman–Crippen MR) is 78.2 cm³/mol. The van der Waals surface area contributed by atoms with E-state index in [2.05, 4.69) is 15.1 Å². The van der Waals surface area contributed by atoms with Gasteiger partial charge in [-0.1, -0.05) is 6.07 Å². The first-order valence-corrected chi connectivity index (χ1v) is 6.51. The van der Waals surface area contributed by atoms with Crippen LogP contribution >= 0.6 is 0 Å². The number of amides is 1. The third-order valence-electron chi connectivity index (χ3n) is 3.54. The third kappa shape index (κ3) is 3.24. The highest BCUT2D eigenvalue weighted by Crippen LogP contribution is 2.26. The van der Waals surface area contributed by atoms with Gasteiger partial charge in [-0.15, -0.1) is 0 Å². The predicted octanol–water partition coefficient (Wildman–Crippen LogP) is 0.625. The number of carbonyl (C=O) groups excluding carboxylic acids is 1. The first-order chi connectivity index (χ1) is 8.97. The fourth-order valence-corrected chi connectivity index (χ4v) is 2.28. The fraction of sp³-hybridized carbons (Fsp3) is 0.500. The molecule has 0 radical (unpaired) electrons. The monoisotopic (exact) mass is 262 g/mol. The molecule has 1 aromatic rings. The van der Waals surface area contributed by atoms with Crippen LogP contribution in [0.1, 0.15) is 5.56 Å². The van der Waals surface area contributed by atoms with Crippen LogP contribution in [0.4, 0.5) is 11.4 Å². The Hall–Kier alpha value is -1.59. The molecule has 0 spiro atoms. The Morgan fingerprint density at radius 2 is 2.05 bits per heavy atom. The standard InChI is InChI=1S/C14H22N4O/c1-17(2)6-7-18(3)13-8-10-4-5-11(15)9-12(10)16-14(13)19/h4-5,9,13H,6-8,15H2,1-3H3,(H,16,19). The number of nitrogens with two attached hydrogens (primary N) is 1. The number of hydrogen-bond donors (Lipinski definition) is 2. The number of anilines is 2. The van der Waals surface area contributed by atoms with Gasteiger partial charge in [-0.25, -0.2) is 0 Å². The van der Waals surface area contributed by atoms with Crippen molar-refractivity contribution in [1.82, 2.24) is 9.80 Å². The van der Waals surface area contributed by atoms with Gasteiger partial charge in [-0.2, -0.15) is 0 Å². The molecular weight excluding hydrogens is 240 g/mol. The molecule has 1 aliphatic heterocycles. The van der Waals surface area contributed by atoms with Gasteiger partial charge in [0.25, 0.3) is 0 Å². The van der Waals surface area contributed by atoms with Crippen molar-refractivity contribution >= 4 is 17.3 Å². The molecule has 3 N–H and O–H groups in total. The number of fused-ring (bicyclic) bond motifs is 1. The fourth-order valence-electron chi connectivity index (χ4n) is 2.28. The highest BCUT2D eigenvalue weighted by molar-refractivity contribution is 5.98. The first-order valence-electron chi connectivity index (χ1n) is 6.51. The molecule has 0 fully saturated rings. The normalized spacial score (nSPS) is 18.6. The van der Waals surface area contributed by atoms with Gasteiger partial charge in [0.1, 0.15) is 0 Å². The van der Waals surface area contributed by atoms with Crippen molar-refractivity contribution in [2.45, 2.75) is 12.5 Å². The highest BCUT2D eigenvalue weighted by Gasteiger charge is 2.29. The van der Waals surface area contributed by atoms with E-state index in [0.29, 0.717) is 5.69 Å². The average molecular weight is 262 g/mol. The van der Waals surface area contributed by atoms with E-state index in [1.165, 1.54) is 0 Å². The Kier molecular flexibility index (Phi) is 4.07. The largest absolute Gasteiger partial charge is 0.399 e. The minimum atomic E-state index is -0.101. The molecule has 0 saturated carbocycles. The van der Waals surface area contributed by atoms with Crippen molar-refractivity contribution in [2.24, 2.45) is 0 Å². The van der Waals surface area contributed by atoms with Crippen molar-refractivity contribution in [2.75, 3.05) is 45.3 Å². The SMILES string of the molecule is CN(C)CCN(C)C1Cc2ccc(N)cc2NC1=O. The maximum Gasteiger partial charge on any atom is 0.242 e. The van der Waals surface area contributed by atoms with Crippen LogP contribution in [0.5, 0.6) is 0 Å². The summed E-state index contributed by atoms with van der Waals surface area (Å²) in [5.41, 5.74) is 8.41. The van der Waals surface area contributed by atoms with Gasteiger partial charge in [-0.3, -0.25) is 9.69 Å². The Balaban J connectivity index is 2.08. The van der Waals surface area contributed by atoms with E-state index in [-0.39, 0.29) is 11.9 Å². The van der Waals surface area contributed by atoms with E-state index in [1.807, 2.05) is 39.3 Å². The zero-order valence-corrected chi connectivity index (χ0v) is 11.8. The third-order valence-corrected chi connectivity index (χ3v) is 3.54. The van der Waals surface area contributed by atoms with Crippen molar-refractivity contribution < 1.29 is 4.79 Å². The van der Waals surface area contributed by atoms with E-state index in [4.69, 9.17) is 5.73 Å². The molecule has 0 aromatic heterocycles. The summed E-state index contributed by atoms with van der Waals surface area (Å²) in [4.78, 5) is 16.4. The number of likely N-dealkylation sites (N-methyl/N-ethyl adjacent to an activating group) is 2. The second kappa shape index (κ2) is 5.59. The molecule has 1 amide bonds. The Morgan fingerprint density at radius 1 is 1.32 bits per heavy atom. The van der Waals surface area contributed by atoms with Crippen LogP contribution < -0.4 is 11.1 Å². The van der Waals surface area contributed by atoms with E-state index in [0.717, 1.165) is 30.8 Å². The van der Waals surface area contributed by atoms with E-state index in [1.54, 1.807) is 0 Å². The molecule has 0 aliphatic carbocycles.